The SMILES string of the molecule is CCNC(=O)Nc1ccc(-c2nc(N3CCOC[C@@H]3C)cc(C3(S(O)(O)c4ccc(F)cc4F)CC3)n2)cc1. The van der Waals surface area contributed by atoms with Crippen molar-refractivity contribution < 1.29 is 27.4 Å². The number of halogens is 2. The van der Waals surface area contributed by atoms with Gasteiger partial charge in [0.1, 0.15) is 22.2 Å². The Balaban J connectivity index is 1.57. The maximum Gasteiger partial charge on any atom is 0.319 e. The van der Waals surface area contributed by atoms with E-state index in [9.17, 15) is 22.7 Å². The van der Waals surface area contributed by atoms with Gasteiger partial charge in [0.15, 0.2) is 5.82 Å². The first kappa shape index (κ1) is 27.3. The first-order valence-corrected chi connectivity index (χ1v) is 14.3. The van der Waals surface area contributed by atoms with Gasteiger partial charge in [0, 0.05) is 36.5 Å². The summed E-state index contributed by atoms with van der Waals surface area (Å²) in [5, 5.41) is 5.42. The summed E-state index contributed by atoms with van der Waals surface area (Å²) in [6.45, 7) is 5.94. The summed E-state index contributed by atoms with van der Waals surface area (Å²) in [6, 6.07) is 11.2. The molecule has 2 aliphatic rings. The number of ether oxygens (including phenoxy) is 1. The Hall–Kier alpha value is -3.32. The van der Waals surface area contributed by atoms with Crippen molar-refractivity contribution in [3.63, 3.8) is 0 Å². The number of urea groups is 1. The smallest absolute Gasteiger partial charge is 0.319 e. The number of carbonyl (C=O) groups is 1. The second kappa shape index (κ2) is 10.7. The minimum Gasteiger partial charge on any atom is -0.377 e. The molecule has 0 bridgehead atoms. The van der Waals surface area contributed by atoms with E-state index in [0.29, 0.717) is 73.8 Å². The van der Waals surface area contributed by atoms with Gasteiger partial charge in [-0.05, 0) is 63.1 Å². The number of carbonyl (C=O) groups excluding carboxylic acids is 1. The third-order valence-corrected chi connectivity index (χ3v) is 9.68. The number of nitrogens with zero attached hydrogens (tertiary/aromatic N) is 3. The molecule has 5 rings (SSSR count). The van der Waals surface area contributed by atoms with Gasteiger partial charge in [-0.3, -0.25) is 9.11 Å². The molecule has 0 unspecified atom stereocenters. The van der Waals surface area contributed by atoms with Crippen molar-refractivity contribution in [2.75, 3.05) is 36.5 Å². The second-order valence-electron chi connectivity index (χ2n) is 9.73. The van der Waals surface area contributed by atoms with Crippen LogP contribution in [0.1, 0.15) is 32.4 Å². The highest BCUT2D eigenvalue weighted by atomic mass is 32.3. The Morgan fingerprint density at radius 3 is 2.54 bits per heavy atom. The number of benzene rings is 2. The van der Waals surface area contributed by atoms with Gasteiger partial charge in [0.2, 0.25) is 0 Å². The number of anilines is 2. The number of hydrogen-bond acceptors (Lipinski definition) is 7. The van der Waals surface area contributed by atoms with Crippen LogP contribution in [0, 0.1) is 11.6 Å². The summed E-state index contributed by atoms with van der Waals surface area (Å²) in [4.78, 5) is 23.2. The first-order chi connectivity index (χ1) is 18.6. The zero-order valence-corrected chi connectivity index (χ0v) is 22.5. The van der Waals surface area contributed by atoms with Gasteiger partial charge in [0.25, 0.3) is 0 Å². The molecule has 1 aromatic heterocycles. The van der Waals surface area contributed by atoms with Gasteiger partial charge < -0.3 is 20.3 Å². The van der Waals surface area contributed by atoms with Crippen molar-refractivity contribution in [1.29, 1.82) is 0 Å². The Morgan fingerprint density at radius 2 is 1.90 bits per heavy atom. The minimum absolute atomic E-state index is 0.0167. The summed E-state index contributed by atoms with van der Waals surface area (Å²) in [5.74, 6) is -0.856. The lowest BCUT2D eigenvalue weighted by Gasteiger charge is -2.41. The molecule has 2 aromatic carbocycles. The third kappa shape index (κ3) is 5.29. The van der Waals surface area contributed by atoms with Crippen molar-refractivity contribution in [3.8, 4) is 11.4 Å². The lowest BCUT2D eigenvalue weighted by atomic mass is 10.1. The van der Waals surface area contributed by atoms with E-state index in [2.05, 4.69) is 15.5 Å². The molecule has 1 atom stereocenters. The molecule has 2 heterocycles. The standard InChI is InChI=1S/C27H31F2N5O4S/c1-3-30-26(35)31-20-7-4-18(5-8-20)25-32-23(15-24(33-25)34-12-13-38-16-17(34)2)27(10-11-27)39(36,37)22-9-6-19(28)14-21(22)29/h4-9,14-15,17,36-37H,3,10-13,16H2,1-2H3,(H2,30,31,35)/t17-/m0/s1. The fraction of sp³-hybridized carbons (Fsp3) is 0.370. The third-order valence-electron chi connectivity index (χ3n) is 7.03. The van der Waals surface area contributed by atoms with E-state index in [1.165, 1.54) is 0 Å². The van der Waals surface area contributed by atoms with Crippen LogP contribution in [-0.2, 0) is 9.48 Å². The molecule has 4 N–H and O–H groups in total. The number of hydrogen-bond donors (Lipinski definition) is 4. The fourth-order valence-electron chi connectivity index (χ4n) is 4.77. The van der Waals surface area contributed by atoms with E-state index >= 15 is 0 Å². The predicted octanol–water partition coefficient (Wildman–Crippen LogP) is 5.59. The van der Waals surface area contributed by atoms with Gasteiger partial charge in [-0.1, -0.05) is 0 Å². The van der Waals surface area contributed by atoms with Gasteiger partial charge in [-0.2, -0.15) is 10.6 Å². The number of nitrogens with one attached hydrogen (secondary N) is 2. The van der Waals surface area contributed by atoms with Crippen LogP contribution in [-0.4, -0.2) is 57.4 Å². The van der Waals surface area contributed by atoms with Crippen molar-refractivity contribution >= 4 is 28.1 Å². The first-order valence-electron chi connectivity index (χ1n) is 12.8. The van der Waals surface area contributed by atoms with Crippen LogP contribution < -0.4 is 15.5 Å². The molecule has 2 fully saturated rings. The number of aromatic nitrogens is 2. The molecule has 1 saturated heterocycles. The molecule has 0 radical (unpaired) electrons. The molecule has 2 amide bonds. The molecule has 0 spiro atoms. The molecule has 39 heavy (non-hydrogen) atoms. The van der Waals surface area contributed by atoms with Crippen LogP contribution in [0.3, 0.4) is 0 Å². The van der Waals surface area contributed by atoms with Gasteiger partial charge in [0.05, 0.1) is 29.8 Å². The second-order valence-corrected chi connectivity index (χ2v) is 12.1. The van der Waals surface area contributed by atoms with E-state index in [-0.39, 0.29) is 17.0 Å². The Kier molecular flexibility index (Phi) is 7.47. The quantitative estimate of drug-likeness (QED) is 0.298. The zero-order valence-electron chi connectivity index (χ0n) is 21.7. The average molecular weight is 560 g/mol. The average Bonchev–Trinajstić information content (AvgIpc) is 3.72. The molecule has 1 saturated carbocycles. The summed E-state index contributed by atoms with van der Waals surface area (Å²) in [5.41, 5.74) is 1.62. The molecular formula is C27H31F2N5O4S. The van der Waals surface area contributed by atoms with E-state index in [0.717, 1.165) is 12.1 Å². The van der Waals surface area contributed by atoms with Crippen LogP contribution in [0.5, 0.6) is 0 Å². The van der Waals surface area contributed by atoms with Gasteiger partial charge >= 0.3 is 6.03 Å². The summed E-state index contributed by atoms with van der Waals surface area (Å²) < 4.78 is 55.5. The molecule has 1 aliphatic carbocycles. The van der Waals surface area contributed by atoms with Crippen LogP contribution in [0.4, 0.5) is 25.1 Å². The summed E-state index contributed by atoms with van der Waals surface area (Å²) in [6.07, 6.45) is 0.742. The lowest BCUT2D eigenvalue weighted by molar-refractivity contribution is 0.0985. The maximum atomic E-state index is 14.7. The predicted molar refractivity (Wildman–Crippen MR) is 146 cm³/mol. The lowest BCUT2D eigenvalue weighted by Crippen LogP contribution is -2.44. The summed E-state index contributed by atoms with van der Waals surface area (Å²) in [7, 11) is -3.74. The molecular weight excluding hydrogens is 528 g/mol. The van der Waals surface area contributed by atoms with Crippen LogP contribution >= 0.6 is 10.6 Å². The Bertz CT molecular complexity index is 1370. The normalized spacial score (nSPS) is 18.9. The van der Waals surface area contributed by atoms with Crippen LogP contribution in [0.25, 0.3) is 11.4 Å². The molecule has 208 valence electrons. The zero-order chi connectivity index (χ0) is 27.8. The monoisotopic (exact) mass is 559 g/mol. The largest absolute Gasteiger partial charge is 0.377 e. The van der Waals surface area contributed by atoms with Crippen molar-refractivity contribution in [2.24, 2.45) is 0 Å². The van der Waals surface area contributed by atoms with E-state index in [1.54, 1.807) is 30.3 Å². The topological polar surface area (TPSA) is 120 Å². The van der Waals surface area contributed by atoms with Crippen molar-refractivity contribution in [1.82, 2.24) is 15.3 Å². The molecule has 9 nitrogen and oxygen atoms in total. The van der Waals surface area contributed by atoms with E-state index < -0.39 is 27.0 Å². The number of rotatable bonds is 7. The molecule has 3 aromatic rings. The highest BCUT2D eigenvalue weighted by Crippen LogP contribution is 2.75. The highest BCUT2D eigenvalue weighted by Gasteiger charge is 2.58. The molecule has 1 aliphatic heterocycles. The highest BCUT2D eigenvalue weighted by molar-refractivity contribution is 8.25. The Labute approximate surface area is 227 Å². The van der Waals surface area contributed by atoms with E-state index in [4.69, 9.17) is 14.7 Å². The van der Waals surface area contributed by atoms with Crippen LogP contribution in [0.15, 0.2) is 53.4 Å². The van der Waals surface area contributed by atoms with Gasteiger partial charge in [-0.15, -0.1) is 0 Å². The van der Waals surface area contributed by atoms with Crippen molar-refractivity contribution in [2.45, 2.75) is 42.4 Å². The maximum absolute atomic E-state index is 14.7. The molecule has 12 heteroatoms. The minimum atomic E-state index is -3.74. The number of amides is 2. The van der Waals surface area contributed by atoms with Crippen LogP contribution in [0.2, 0.25) is 0 Å². The van der Waals surface area contributed by atoms with Gasteiger partial charge in [-0.25, -0.2) is 23.5 Å². The van der Waals surface area contributed by atoms with Crippen molar-refractivity contribution in [3.05, 3.63) is 65.9 Å². The summed E-state index contributed by atoms with van der Waals surface area (Å²) >= 11 is 0. The fourth-order valence-corrected chi connectivity index (χ4v) is 6.84. The number of morpholine rings is 1. The van der Waals surface area contributed by atoms with E-state index in [1.807, 2.05) is 13.8 Å². The Morgan fingerprint density at radius 1 is 1.15 bits per heavy atom.